The Bertz CT molecular complexity index is 1710. The number of anilines is 1. The number of aromatic nitrogens is 1. The summed E-state index contributed by atoms with van der Waals surface area (Å²) in [6, 6.07) is 5.44. The number of carbonyl (C=O) groups is 2. The van der Waals surface area contributed by atoms with Gasteiger partial charge in [0.25, 0.3) is 5.91 Å². The predicted molar refractivity (Wildman–Crippen MR) is 163 cm³/mol. The summed E-state index contributed by atoms with van der Waals surface area (Å²) in [6.45, 7) is 4.02. The smallest absolute Gasteiger partial charge is 0.257 e. The van der Waals surface area contributed by atoms with Gasteiger partial charge in [-0.25, -0.2) is 4.39 Å². The van der Waals surface area contributed by atoms with Crippen molar-refractivity contribution in [3.05, 3.63) is 78.1 Å². The second-order valence-corrected chi connectivity index (χ2v) is 11.7. The lowest BCUT2D eigenvalue weighted by Gasteiger charge is -2.45. The molecule has 2 unspecified atom stereocenters. The first-order chi connectivity index (χ1) is 20.5. The van der Waals surface area contributed by atoms with Crippen LogP contribution in [-0.2, 0) is 11.3 Å². The van der Waals surface area contributed by atoms with Crippen molar-refractivity contribution in [1.29, 1.82) is 0 Å². The van der Waals surface area contributed by atoms with Gasteiger partial charge in [0.05, 0.1) is 18.0 Å². The minimum atomic E-state index is -0.678. The summed E-state index contributed by atoms with van der Waals surface area (Å²) in [5, 5.41) is 7.00. The van der Waals surface area contributed by atoms with Gasteiger partial charge in [-0.05, 0) is 56.0 Å². The molecule has 2 amide bonds. The fraction of sp³-hybridized carbons (Fsp3) is 0.414. The topological polar surface area (TPSA) is 133 Å². The number of benzene rings is 2. The maximum Gasteiger partial charge on any atom is 0.257 e. The number of rotatable bonds is 8. The Hall–Kier alpha value is -3.99. The number of amides is 2. The highest BCUT2D eigenvalue weighted by Gasteiger charge is 2.36. The summed E-state index contributed by atoms with van der Waals surface area (Å²) in [7, 11) is 1.42. The van der Waals surface area contributed by atoms with Crippen LogP contribution >= 0.6 is 23.2 Å². The summed E-state index contributed by atoms with van der Waals surface area (Å²) >= 11 is 12.2. The van der Waals surface area contributed by atoms with Crippen LogP contribution in [0, 0.1) is 5.82 Å². The molecular formula is C29H30Cl2FN7O4. The normalized spacial score (nSPS) is 18.4. The maximum atomic E-state index is 16.0. The molecule has 3 aromatic rings. The molecule has 1 aromatic heterocycles. The van der Waals surface area contributed by atoms with Gasteiger partial charge in [0.15, 0.2) is 11.6 Å². The molecule has 2 atom stereocenters. The standard InChI is InChI=1S/C29H30Cl2FN7O4/c1-15-12-37(13-16(2)39(15)24(40)11-35-36-33)26-23(32)9-20-25(28(26)43-3)38(19-6-7-19)14-21(27(20)41)29(42)34-10-17-4-5-18(30)8-22(17)31/h4-5,8-9,14-16,19H,6-7,10-13H2,1-3H3,(H,34,42). The third-order valence-corrected chi connectivity index (χ3v) is 8.42. The largest absolute Gasteiger partial charge is 0.492 e. The molecule has 2 aliphatic rings. The number of hydrogen-bond donors (Lipinski definition) is 1. The summed E-state index contributed by atoms with van der Waals surface area (Å²) in [5.74, 6) is -1.41. The molecule has 1 aliphatic heterocycles. The lowest BCUT2D eigenvalue weighted by atomic mass is 10.0. The summed E-state index contributed by atoms with van der Waals surface area (Å²) in [6.07, 6.45) is 3.17. The lowest BCUT2D eigenvalue weighted by molar-refractivity contribution is -0.134. The number of carbonyl (C=O) groups excluding carboxylic acids is 2. The zero-order valence-corrected chi connectivity index (χ0v) is 25.3. The zero-order valence-electron chi connectivity index (χ0n) is 23.8. The molecule has 1 saturated heterocycles. The number of methoxy groups -OCH3 is 1. The highest BCUT2D eigenvalue weighted by molar-refractivity contribution is 6.35. The van der Waals surface area contributed by atoms with Gasteiger partial charge in [-0.3, -0.25) is 14.4 Å². The van der Waals surface area contributed by atoms with Crippen LogP contribution in [0.1, 0.15) is 48.7 Å². The number of nitrogens with zero attached hydrogens (tertiary/aromatic N) is 6. The molecule has 2 aromatic carbocycles. The summed E-state index contributed by atoms with van der Waals surface area (Å²) in [5.41, 5.74) is 9.08. The molecule has 1 N–H and O–H groups in total. The molecule has 0 spiro atoms. The second kappa shape index (κ2) is 12.3. The van der Waals surface area contributed by atoms with Crippen LogP contribution in [0.25, 0.3) is 21.3 Å². The predicted octanol–water partition coefficient (Wildman–Crippen LogP) is 5.46. The Morgan fingerprint density at radius 1 is 1.19 bits per heavy atom. The molecular weight excluding hydrogens is 600 g/mol. The first-order valence-electron chi connectivity index (χ1n) is 13.8. The second-order valence-electron chi connectivity index (χ2n) is 10.9. The number of piperazine rings is 1. The van der Waals surface area contributed by atoms with Crippen molar-refractivity contribution in [3.8, 4) is 5.75 Å². The van der Waals surface area contributed by atoms with Crippen molar-refractivity contribution in [3.63, 3.8) is 0 Å². The van der Waals surface area contributed by atoms with E-state index in [1.165, 1.54) is 13.3 Å². The minimum Gasteiger partial charge on any atom is -0.492 e. The fourth-order valence-corrected chi connectivity index (χ4v) is 6.32. The van der Waals surface area contributed by atoms with Gasteiger partial charge >= 0.3 is 0 Å². The lowest BCUT2D eigenvalue weighted by Crippen LogP contribution is -2.59. The third kappa shape index (κ3) is 5.95. The fourth-order valence-electron chi connectivity index (χ4n) is 5.84. The number of pyridine rings is 1. The van der Waals surface area contributed by atoms with Crippen molar-refractivity contribution in [2.45, 2.75) is 51.4 Å². The number of halogens is 3. The van der Waals surface area contributed by atoms with E-state index in [1.807, 2.05) is 18.4 Å². The van der Waals surface area contributed by atoms with E-state index in [-0.39, 0.29) is 72.6 Å². The van der Waals surface area contributed by atoms with Gasteiger partial charge in [0.1, 0.15) is 17.8 Å². The maximum absolute atomic E-state index is 16.0. The van der Waals surface area contributed by atoms with E-state index in [4.69, 9.17) is 33.5 Å². The monoisotopic (exact) mass is 629 g/mol. The van der Waals surface area contributed by atoms with E-state index in [2.05, 4.69) is 15.3 Å². The molecule has 14 heteroatoms. The Balaban J connectivity index is 1.53. The van der Waals surface area contributed by atoms with Crippen LogP contribution < -0.4 is 20.4 Å². The van der Waals surface area contributed by atoms with E-state index in [0.717, 1.165) is 18.9 Å². The van der Waals surface area contributed by atoms with Crippen LogP contribution in [-0.4, -0.2) is 60.1 Å². The molecule has 11 nitrogen and oxygen atoms in total. The van der Waals surface area contributed by atoms with Crippen LogP contribution in [0.3, 0.4) is 0 Å². The zero-order chi connectivity index (χ0) is 31.0. The number of azide groups is 1. The van der Waals surface area contributed by atoms with Crippen LogP contribution in [0.4, 0.5) is 10.1 Å². The molecule has 0 radical (unpaired) electrons. The number of nitrogens with one attached hydrogen (secondary N) is 1. The molecule has 2 fully saturated rings. The Kier molecular flexibility index (Phi) is 8.73. The van der Waals surface area contributed by atoms with Crippen LogP contribution in [0.5, 0.6) is 5.75 Å². The summed E-state index contributed by atoms with van der Waals surface area (Å²) in [4.78, 5) is 45.7. The van der Waals surface area contributed by atoms with E-state index in [9.17, 15) is 14.4 Å². The van der Waals surface area contributed by atoms with E-state index < -0.39 is 17.2 Å². The highest BCUT2D eigenvalue weighted by Crippen LogP contribution is 2.44. The molecule has 1 aliphatic carbocycles. The Morgan fingerprint density at radius 3 is 2.49 bits per heavy atom. The summed E-state index contributed by atoms with van der Waals surface area (Å²) < 4.78 is 23.6. The first-order valence-corrected chi connectivity index (χ1v) is 14.6. The third-order valence-electron chi connectivity index (χ3n) is 7.83. The Labute approximate surface area is 256 Å². The molecule has 43 heavy (non-hydrogen) atoms. The quantitative estimate of drug-likeness (QED) is 0.201. The van der Waals surface area contributed by atoms with Crippen LogP contribution in [0.15, 0.2) is 40.4 Å². The van der Waals surface area contributed by atoms with E-state index in [1.54, 1.807) is 28.0 Å². The Morgan fingerprint density at radius 2 is 1.88 bits per heavy atom. The average molecular weight is 631 g/mol. The van der Waals surface area contributed by atoms with E-state index in [0.29, 0.717) is 21.1 Å². The SMILES string of the molecule is COc1c(N2CC(C)N(C(=O)CN=[N+]=[N-])C(C)C2)c(F)cc2c(=O)c(C(=O)NCc3ccc(Cl)cc3Cl)cn(C3CC3)c12. The van der Waals surface area contributed by atoms with Gasteiger partial charge in [0, 0.05) is 58.9 Å². The molecule has 0 bridgehead atoms. The molecule has 5 rings (SSSR count). The van der Waals surface area contributed by atoms with Gasteiger partial charge in [-0.1, -0.05) is 34.4 Å². The van der Waals surface area contributed by atoms with Crippen molar-refractivity contribution in [2.75, 3.05) is 31.6 Å². The van der Waals surface area contributed by atoms with Crippen molar-refractivity contribution in [1.82, 2.24) is 14.8 Å². The van der Waals surface area contributed by atoms with Gasteiger partial charge < -0.3 is 24.4 Å². The number of ether oxygens (including phenoxy) is 1. The van der Waals surface area contributed by atoms with Gasteiger partial charge in [-0.15, -0.1) is 0 Å². The number of fused-ring (bicyclic) bond motifs is 1. The highest BCUT2D eigenvalue weighted by atomic mass is 35.5. The molecule has 1 saturated carbocycles. The van der Waals surface area contributed by atoms with Crippen LogP contribution in [0.2, 0.25) is 10.0 Å². The average Bonchev–Trinajstić information content (AvgIpc) is 3.80. The van der Waals surface area contributed by atoms with E-state index >= 15 is 4.39 Å². The van der Waals surface area contributed by atoms with Crippen molar-refractivity contribution < 1.29 is 18.7 Å². The van der Waals surface area contributed by atoms with Gasteiger partial charge in [-0.2, -0.15) is 0 Å². The molecule has 226 valence electrons. The first kappa shape index (κ1) is 30.5. The molecule has 2 heterocycles. The van der Waals surface area contributed by atoms with Crippen molar-refractivity contribution >= 4 is 51.6 Å². The van der Waals surface area contributed by atoms with Crippen molar-refractivity contribution in [2.24, 2.45) is 5.11 Å². The minimum absolute atomic E-state index is 0.0144. The van der Waals surface area contributed by atoms with Gasteiger partial charge in [0.2, 0.25) is 11.3 Å². The number of hydrogen-bond acceptors (Lipinski definition) is 6.